The normalized spacial score (nSPS) is 15.7. The van der Waals surface area contributed by atoms with Gasteiger partial charge in [0.25, 0.3) is 23.6 Å². The van der Waals surface area contributed by atoms with Crippen molar-refractivity contribution >= 4 is 92.8 Å². The summed E-state index contributed by atoms with van der Waals surface area (Å²) in [5, 5.41) is 5.86. The number of aryl methyl sites for hydroxylation is 2. The first kappa shape index (κ1) is 27.7. The Bertz CT molecular complexity index is 1590. The average molecular weight is 616 g/mol. The zero-order chi connectivity index (χ0) is 28.9. The Labute approximate surface area is 248 Å². The van der Waals surface area contributed by atoms with E-state index in [-0.39, 0.29) is 32.8 Å². The number of hydrogen-bond acceptors (Lipinski definition) is 6. The van der Waals surface area contributed by atoms with Gasteiger partial charge in [0.15, 0.2) is 0 Å². The fourth-order valence-corrected chi connectivity index (χ4v) is 4.92. The molecule has 0 bridgehead atoms. The van der Waals surface area contributed by atoms with Crippen molar-refractivity contribution in [2.45, 2.75) is 13.8 Å². The highest BCUT2D eigenvalue weighted by atomic mass is 35.5. The second-order valence-corrected chi connectivity index (χ2v) is 10.5. The summed E-state index contributed by atoms with van der Waals surface area (Å²) < 4.78 is 0. The molecule has 2 aliphatic rings. The maximum absolute atomic E-state index is 13.5. The van der Waals surface area contributed by atoms with Crippen molar-refractivity contribution in [1.82, 2.24) is 0 Å². The molecule has 12 heteroatoms. The SMILES string of the molecule is Cc1ccc(NC2=C(Cl)C(=O)N(c3ccccc3N3C(=O)C(Cl)=C(Nc4ccc(C)c(Cl)c4)C3=O)C2=O)cc1Cl. The van der Waals surface area contributed by atoms with Crippen molar-refractivity contribution in [3.05, 3.63) is 103 Å². The predicted octanol–water partition coefficient (Wildman–Crippen LogP) is 6.48. The van der Waals surface area contributed by atoms with Crippen LogP contribution in [-0.4, -0.2) is 23.6 Å². The lowest BCUT2D eigenvalue weighted by atomic mass is 10.2. The maximum Gasteiger partial charge on any atom is 0.283 e. The Kier molecular flexibility index (Phi) is 7.37. The molecule has 0 spiro atoms. The van der Waals surface area contributed by atoms with E-state index in [1.165, 1.54) is 12.1 Å². The first-order chi connectivity index (χ1) is 19.0. The fourth-order valence-electron chi connectivity index (χ4n) is 4.13. The lowest BCUT2D eigenvalue weighted by Gasteiger charge is -2.23. The molecule has 2 aliphatic heterocycles. The van der Waals surface area contributed by atoms with Crippen LogP contribution in [0.3, 0.4) is 0 Å². The molecule has 0 unspecified atom stereocenters. The number of amides is 4. The predicted molar refractivity (Wildman–Crippen MR) is 157 cm³/mol. The highest BCUT2D eigenvalue weighted by Crippen LogP contribution is 2.40. The summed E-state index contributed by atoms with van der Waals surface area (Å²) in [5.41, 5.74) is 2.07. The number of rotatable bonds is 6. The van der Waals surface area contributed by atoms with E-state index in [2.05, 4.69) is 10.6 Å². The lowest BCUT2D eigenvalue weighted by Crippen LogP contribution is -2.37. The third-order valence-corrected chi connectivity index (χ3v) is 7.82. The fraction of sp³-hybridized carbons (Fsp3) is 0.0714. The van der Waals surface area contributed by atoms with Crippen LogP contribution in [0.1, 0.15) is 11.1 Å². The zero-order valence-electron chi connectivity index (χ0n) is 20.8. The number of carbonyl (C=O) groups excluding carboxylic acids is 4. The van der Waals surface area contributed by atoms with E-state index in [0.717, 1.165) is 20.9 Å². The second-order valence-electron chi connectivity index (χ2n) is 8.94. The van der Waals surface area contributed by atoms with Gasteiger partial charge in [-0.05, 0) is 61.4 Å². The molecule has 3 aromatic carbocycles. The maximum atomic E-state index is 13.5. The van der Waals surface area contributed by atoms with E-state index in [9.17, 15) is 19.2 Å². The second kappa shape index (κ2) is 10.6. The summed E-state index contributed by atoms with van der Waals surface area (Å²) in [5.74, 6) is -3.26. The van der Waals surface area contributed by atoms with Gasteiger partial charge in [-0.25, -0.2) is 9.80 Å². The number of halogens is 4. The molecule has 8 nitrogen and oxygen atoms in total. The van der Waals surface area contributed by atoms with Gasteiger partial charge >= 0.3 is 0 Å². The molecule has 0 atom stereocenters. The molecule has 0 saturated carbocycles. The highest BCUT2D eigenvalue weighted by Gasteiger charge is 2.44. The van der Waals surface area contributed by atoms with E-state index < -0.39 is 23.6 Å². The van der Waals surface area contributed by atoms with Crippen LogP contribution < -0.4 is 20.4 Å². The molecule has 5 rings (SSSR count). The van der Waals surface area contributed by atoms with Gasteiger partial charge in [0.2, 0.25) is 0 Å². The molecule has 4 amide bonds. The Balaban J connectivity index is 1.46. The van der Waals surface area contributed by atoms with Crippen molar-refractivity contribution < 1.29 is 19.2 Å². The molecular weight excluding hydrogens is 598 g/mol. The summed E-state index contributed by atoms with van der Waals surface area (Å²) in [6.07, 6.45) is 0. The van der Waals surface area contributed by atoms with Crippen LogP contribution in [0, 0.1) is 13.8 Å². The summed E-state index contributed by atoms with van der Waals surface area (Å²) in [6, 6.07) is 15.9. The number of para-hydroxylation sites is 2. The zero-order valence-corrected chi connectivity index (χ0v) is 23.8. The Morgan fingerprint density at radius 1 is 0.550 bits per heavy atom. The third-order valence-electron chi connectivity index (χ3n) is 6.30. The number of hydrogen-bond donors (Lipinski definition) is 2. The average Bonchev–Trinajstić information content (AvgIpc) is 3.26. The summed E-state index contributed by atoms with van der Waals surface area (Å²) >= 11 is 25.0. The summed E-state index contributed by atoms with van der Waals surface area (Å²) in [7, 11) is 0. The van der Waals surface area contributed by atoms with Crippen molar-refractivity contribution in [2.75, 3.05) is 20.4 Å². The number of anilines is 4. The van der Waals surface area contributed by atoms with Crippen molar-refractivity contribution in [1.29, 1.82) is 0 Å². The van der Waals surface area contributed by atoms with E-state index in [0.29, 0.717) is 21.4 Å². The monoisotopic (exact) mass is 614 g/mol. The Morgan fingerprint density at radius 2 is 0.925 bits per heavy atom. The Hall–Kier alpha value is -3.82. The van der Waals surface area contributed by atoms with E-state index >= 15 is 0 Å². The first-order valence-corrected chi connectivity index (χ1v) is 13.2. The van der Waals surface area contributed by atoms with E-state index in [4.69, 9.17) is 46.4 Å². The van der Waals surface area contributed by atoms with Crippen LogP contribution in [0.15, 0.2) is 82.1 Å². The van der Waals surface area contributed by atoms with E-state index in [1.54, 1.807) is 48.5 Å². The van der Waals surface area contributed by atoms with Crippen molar-refractivity contribution in [2.24, 2.45) is 0 Å². The number of benzene rings is 3. The van der Waals surface area contributed by atoms with Crippen LogP contribution in [0.25, 0.3) is 0 Å². The standard InChI is InChI=1S/C28H18Cl4N4O4/c1-13-7-9-15(11-17(13)29)33-23-21(31)25(37)35(27(23)39)19-5-3-4-6-20(19)36-26(38)22(32)24(28(36)40)34-16-10-8-14(2)18(30)12-16/h3-12,33-34H,1-2H3. The minimum absolute atomic E-state index is 0.0415. The number of nitrogens with one attached hydrogen (secondary N) is 2. The summed E-state index contributed by atoms with van der Waals surface area (Å²) in [4.78, 5) is 54.9. The molecule has 0 aromatic heterocycles. The van der Waals surface area contributed by atoms with Crippen LogP contribution in [-0.2, 0) is 19.2 Å². The minimum atomic E-state index is -0.842. The molecule has 0 radical (unpaired) electrons. The largest absolute Gasteiger partial charge is 0.350 e. The molecule has 202 valence electrons. The summed E-state index contributed by atoms with van der Waals surface area (Å²) in [6.45, 7) is 3.64. The van der Waals surface area contributed by atoms with Gasteiger partial charge in [0, 0.05) is 21.4 Å². The molecule has 2 heterocycles. The number of imide groups is 2. The first-order valence-electron chi connectivity index (χ1n) is 11.7. The molecule has 40 heavy (non-hydrogen) atoms. The molecule has 0 aliphatic carbocycles. The minimum Gasteiger partial charge on any atom is -0.350 e. The van der Waals surface area contributed by atoms with Gasteiger partial charge in [0.1, 0.15) is 21.5 Å². The third kappa shape index (κ3) is 4.73. The van der Waals surface area contributed by atoms with Crippen molar-refractivity contribution in [3.8, 4) is 0 Å². The van der Waals surface area contributed by atoms with Gasteiger partial charge in [-0.3, -0.25) is 19.2 Å². The number of nitrogens with zero attached hydrogens (tertiary/aromatic N) is 2. The van der Waals surface area contributed by atoms with Crippen LogP contribution in [0.5, 0.6) is 0 Å². The van der Waals surface area contributed by atoms with Gasteiger partial charge in [-0.1, -0.05) is 70.7 Å². The number of carbonyl (C=O) groups is 4. The van der Waals surface area contributed by atoms with Crippen molar-refractivity contribution in [3.63, 3.8) is 0 Å². The lowest BCUT2D eigenvalue weighted by molar-refractivity contribution is -0.122. The molecule has 0 fully saturated rings. The van der Waals surface area contributed by atoms with Crippen LogP contribution in [0.4, 0.5) is 22.7 Å². The molecule has 3 aromatic rings. The van der Waals surface area contributed by atoms with Gasteiger partial charge < -0.3 is 10.6 Å². The smallest absolute Gasteiger partial charge is 0.283 e. The molecule has 0 saturated heterocycles. The molecular formula is C28H18Cl4N4O4. The topological polar surface area (TPSA) is 98.8 Å². The van der Waals surface area contributed by atoms with Gasteiger partial charge in [-0.2, -0.15) is 0 Å². The highest BCUT2D eigenvalue weighted by molar-refractivity contribution is 6.55. The van der Waals surface area contributed by atoms with Crippen LogP contribution >= 0.6 is 46.4 Å². The van der Waals surface area contributed by atoms with Gasteiger partial charge in [0.05, 0.1) is 11.4 Å². The van der Waals surface area contributed by atoms with Crippen LogP contribution in [0.2, 0.25) is 10.0 Å². The molecule has 2 N–H and O–H groups in total. The Morgan fingerprint density at radius 3 is 1.27 bits per heavy atom. The van der Waals surface area contributed by atoms with E-state index in [1.807, 2.05) is 13.8 Å². The van der Waals surface area contributed by atoms with Gasteiger partial charge in [-0.15, -0.1) is 0 Å². The quantitative estimate of drug-likeness (QED) is 0.308.